The summed E-state index contributed by atoms with van der Waals surface area (Å²) in [5.74, 6) is 2.44. The fourth-order valence-corrected chi connectivity index (χ4v) is 2.85. The van der Waals surface area contributed by atoms with Gasteiger partial charge >= 0.3 is 0 Å². The topological polar surface area (TPSA) is 50.7 Å². The van der Waals surface area contributed by atoms with Crippen molar-refractivity contribution in [2.45, 2.75) is 31.9 Å². The summed E-state index contributed by atoms with van der Waals surface area (Å²) in [4.78, 5) is 0. The Morgan fingerprint density at radius 2 is 2.24 bits per heavy atom. The maximum absolute atomic E-state index is 9.70. The van der Waals surface area contributed by atoms with Gasteiger partial charge in [0.15, 0.2) is 0 Å². The van der Waals surface area contributed by atoms with Crippen molar-refractivity contribution >= 4 is 11.8 Å². The van der Waals surface area contributed by atoms with Gasteiger partial charge in [0.2, 0.25) is 0 Å². The number of hydrogen-bond acceptors (Lipinski definition) is 5. The maximum Gasteiger partial charge on any atom is 0.0897 e. The van der Waals surface area contributed by atoms with E-state index in [-0.39, 0.29) is 0 Å². The number of thioether (sulfide) groups is 1. The van der Waals surface area contributed by atoms with E-state index >= 15 is 0 Å². The summed E-state index contributed by atoms with van der Waals surface area (Å²) in [6, 6.07) is 0.562. The molecule has 17 heavy (non-hydrogen) atoms. The molecule has 1 heterocycles. The van der Waals surface area contributed by atoms with Gasteiger partial charge in [-0.05, 0) is 25.5 Å². The number of aliphatic hydroxyl groups excluding tert-OH is 1. The lowest BCUT2D eigenvalue weighted by Gasteiger charge is -2.23. The predicted molar refractivity (Wildman–Crippen MR) is 71.7 cm³/mol. The second-order valence-electron chi connectivity index (χ2n) is 4.25. The van der Waals surface area contributed by atoms with Crippen LogP contribution in [0.15, 0.2) is 0 Å². The number of aliphatic hydroxyl groups is 1. The molecule has 2 atom stereocenters. The molecule has 0 aromatic rings. The molecule has 1 aliphatic rings. The Morgan fingerprint density at radius 3 is 2.94 bits per heavy atom. The van der Waals surface area contributed by atoms with E-state index in [1.165, 1.54) is 18.6 Å². The standard InChI is InChI=1S/C12H25NO3S/c1-2-15-5-6-16-9-12(14)8-13-11-4-3-7-17-10-11/h11-14H,2-10H2,1H3. The molecule has 5 heteroatoms. The Hall–Kier alpha value is 0.190. The molecule has 1 saturated heterocycles. The lowest BCUT2D eigenvalue weighted by molar-refractivity contribution is 0.00583. The minimum Gasteiger partial charge on any atom is -0.389 e. The maximum atomic E-state index is 9.70. The minimum absolute atomic E-state index is 0.389. The number of rotatable bonds is 9. The van der Waals surface area contributed by atoms with Crippen molar-refractivity contribution in [3.8, 4) is 0 Å². The van der Waals surface area contributed by atoms with Crippen LogP contribution in [0.1, 0.15) is 19.8 Å². The SMILES string of the molecule is CCOCCOCC(O)CNC1CCCSC1. The van der Waals surface area contributed by atoms with E-state index in [0.29, 0.717) is 39.0 Å². The third-order valence-corrected chi connectivity index (χ3v) is 3.90. The van der Waals surface area contributed by atoms with Crippen molar-refractivity contribution in [3.05, 3.63) is 0 Å². The zero-order valence-electron chi connectivity index (χ0n) is 10.7. The molecule has 0 bridgehead atoms. The van der Waals surface area contributed by atoms with Gasteiger partial charge in [-0.25, -0.2) is 0 Å². The Labute approximate surface area is 108 Å². The molecule has 102 valence electrons. The van der Waals surface area contributed by atoms with Crippen LogP contribution in [-0.4, -0.2) is 61.7 Å². The van der Waals surface area contributed by atoms with Gasteiger partial charge in [0.25, 0.3) is 0 Å². The molecule has 4 nitrogen and oxygen atoms in total. The molecule has 0 aromatic carbocycles. The largest absolute Gasteiger partial charge is 0.389 e. The van der Waals surface area contributed by atoms with Crippen LogP contribution < -0.4 is 5.32 Å². The number of ether oxygens (including phenoxy) is 2. The zero-order chi connectivity index (χ0) is 12.3. The number of hydrogen-bond donors (Lipinski definition) is 2. The molecule has 0 aliphatic carbocycles. The van der Waals surface area contributed by atoms with Crippen LogP contribution in [0.2, 0.25) is 0 Å². The first-order valence-electron chi connectivity index (χ1n) is 6.47. The van der Waals surface area contributed by atoms with Crippen LogP contribution in [0.5, 0.6) is 0 Å². The van der Waals surface area contributed by atoms with Gasteiger partial charge in [0, 0.05) is 24.9 Å². The molecule has 0 amide bonds. The molecule has 0 saturated carbocycles. The first-order valence-corrected chi connectivity index (χ1v) is 7.63. The van der Waals surface area contributed by atoms with Gasteiger partial charge in [-0.15, -0.1) is 0 Å². The molecule has 0 radical (unpaired) electrons. The summed E-state index contributed by atoms with van der Waals surface area (Å²) in [6.07, 6.45) is 2.09. The molecular weight excluding hydrogens is 238 g/mol. The van der Waals surface area contributed by atoms with Gasteiger partial charge in [-0.1, -0.05) is 0 Å². The summed E-state index contributed by atoms with van der Waals surface area (Å²) in [7, 11) is 0. The van der Waals surface area contributed by atoms with E-state index in [4.69, 9.17) is 9.47 Å². The summed E-state index contributed by atoms with van der Waals surface area (Å²) >= 11 is 1.99. The van der Waals surface area contributed by atoms with E-state index in [2.05, 4.69) is 5.32 Å². The molecule has 1 aliphatic heterocycles. The van der Waals surface area contributed by atoms with Crippen molar-refractivity contribution in [2.75, 3.05) is 44.5 Å². The molecule has 1 fully saturated rings. The highest BCUT2D eigenvalue weighted by Crippen LogP contribution is 2.16. The van der Waals surface area contributed by atoms with Crippen molar-refractivity contribution in [3.63, 3.8) is 0 Å². The molecule has 2 N–H and O–H groups in total. The van der Waals surface area contributed by atoms with Gasteiger partial charge in [-0.3, -0.25) is 0 Å². The quantitative estimate of drug-likeness (QED) is 0.605. The van der Waals surface area contributed by atoms with Gasteiger partial charge < -0.3 is 19.9 Å². The van der Waals surface area contributed by atoms with Crippen molar-refractivity contribution in [1.29, 1.82) is 0 Å². The van der Waals surface area contributed by atoms with Crippen LogP contribution in [0.3, 0.4) is 0 Å². The second kappa shape index (κ2) is 10.1. The summed E-state index contributed by atoms with van der Waals surface area (Å²) in [5.41, 5.74) is 0. The summed E-state index contributed by atoms with van der Waals surface area (Å²) in [6.45, 7) is 4.85. The Kier molecular flexibility index (Phi) is 9.10. The predicted octanol–water partition coefficient (Wildman–Crippen LogP) is 0.886. The second-order valence-corrected chi connectivity index (χ2v) is 5.40. The average molecular weight is 263 g/mol. The highest BCUT2D eigenvalue weighted by Gasteiger charge is 2.14. The van der Waals surface area contributed by atoms with Crippen LogP contribution in [0, 0.1) is 0 Å². The van der Waals surface area contributed by atoms with Gasteiger partial charge in [0.1, 0.15) is 0 Å². The fourth-order valence-electron chi connectivity index (χ4n) is 1.74. The molecule has 1 rings (SSSR count). The Morgan fingerprint density at radius 1 is 1.41 bits per heavy atom. The van der Waals surface area contributed by atoms with Crippen molar-refractivity contribution in [1.82, 2.24) is 5.32 Å². The van der Waals surface area contributed by atoms with Gasteiger partial charge in [-0.2, -0.15) is 11.8 Å². The molecule has 0 spiro atoms. The smallest absolute Gasteiger partial charge is 0.0897 e. The third-order valence-electron chi connectivity index (χ3n) is 2.69. The molecule has 0 aromatic heterocycles. The first-order chi connectivity index (χ1) is 8.33. The highest BCUT2D eigenvalue weighted by atomic mass is 32.2. The third kappa shape index (κ3) is 8.00. The number of nitrogens with one attached hydrogen (secondary N) is 1. The van der Waals surface area contributed by atoms with Crippen LogP contribution in [0.4, 0.5) is 0 Å². The minimum atomic E-state index is -0.413. The Bertz CT molecular complexity index is 177. The van der Waals surface area contributed by atoms with Crippen molar-refractivity contribution in [2.24, 2.45) is 0 Å². The monoisotopic (exact) mass is 263 g/mol. The normalized spacial score (nSPS) is 22.6. The Balaban J connectivity index is 1.91. The van der Waals surface area contributed by atoms with Gasteiger partial charge in [0.05, 0.1) is 25.9 Å². The van der Waals surface area contributed by atoms with Crippen LogP contribution in [-0.2, 0) is 9.47 Å². The van der Waals surface area contributed by atoms with Crippen LogP contribution in [0.25, 0.3) is 0 Å². The lowest BCUT2D eigenvalue weighted by Crippen LogP contribution is -2.40. The fraction of sp³-hybridized carbons (Fsp3) is 1.00. The molecule has 2 unspecified atom stereocenters. The van der Waals surface area contributed by atoms with Crippen LogP contribution >= 0.6 is 11.8 Å². The van der Waals surface area contributed by atoms with E-state index in [1.807, 2.05) is 18.7 Å². The molecular formula is C12H25NO3S. The zero-order valence-corrected chi connectivity index (χ0v) is 11.5. The van der Waals surface area contributed by atoms with E-state index in [9.17, 15) is 5.11 Å². The first kappa shape index (κ1) is 15.2. The lowest BCUT2D eigenvalue weighted by atomic mass is 10.2. The van der Waals surface area contributed by atoms with Crippen molar-refractivity contribution < 1.29 is 14.6 Å². The average Bonchev–Trinajstić information content (AvgIpc) is 2.37. The van der Waals surface area contributed by atoms with E-state index in [1.54, 1.807) is 0 Å². The summed E-state index contributed by atoms with van der Waals surface area (Å²) < 4.78 is 10.5. The van der Waals surface area contributed by atoms with E-state index < -0.39 is 6.10 Å². The van der Waals surface area contributed by atoms with E-state index in [0.717, 1.165) is 5.75 Å². The summed E-state index contributed by atoms with van der Waals surface area (Å²) in [5, 5.41) is 13.1. The highest BCUT2D eigenvalue weighted by molar-refractivity contribution is 7.99.